The first-order chi connectivity index (χ1) is 10.7. The summed E-state index contributed by atoms with van der Waals surface area (Å²) in [5.74, 6) is 0. The average molecular weight is 318 g/mol. The van der Waals surface area contributed by atoms with Crippen molar-refractivity contribution in [3.8, 4) is 0 Å². The molecule has 6 heteroatoms. The van der Waals surface area contributed by atoms with E-state index in [4.69, 9.17) is 11.6 Å². The standard InChI is InChI=1S/C16H16ClN3O2/c1-22-16(21)19-13-14-12(9-18-15(13)17)7-8-20(14)10-11-5-3-2-4-6-11/h2-6,9H,7-8,10H2,1H3,(H,19,21). The van der Waals surface area contributed by atoms with Gasteiger partial charge in [-0.1, -0.05) is 41.9 Å². The van der Waals surface area contributed by atoms with Gasteiger partial charge in [-0.3, -0.25) is 5.32 Å². The molecule has 1 aromatic carbocycles. The van der Waals surface area contributed by atoms with Gasteiger partial charge in [0.05, 0.1) is 12.8 Å². The van der Waals surface area contributed by atoms with E-state index in [0.717, 1.165) is 30.8 Å². The third-order valence-corrected chi connectivity index (χ3v) is 3.96. The number of amides is 1. The highest BCUT2D eigenvalue weighted by Crippen LogP contribution is 2.39. The maximum Gasteiger partial charge on any atom is 0.411 e. The van der Waals surface area contributed by atoms with Crippen LogP contribution < -0.4 is 10.2 Å². The van der Waals surface area contributed by atoms with Gasteiger partial charge >= 0.3 is 6.09 Å². The average Bonchev–Trinajstić information content (AvgIpc) is 2.94. The summed E-state index contributed by atoms with van der Waals surface area (Å²) in [6.07, 6.45) is 2.09. The van der Waals surface area contributed by atoms with Crippen molar-refractivity contribution in [2.24, 2.45) is 0 Å². The molecule has 2 aromatic rings. The van der Waals surface area contributed by atoms with E-state index < -0.39 is 6.09 Å². The Balaban J connectivity index is 1.94. The number of rotatable bonds is 3. The molecule has 1 N–H and O–H groups in total. The highest BCUT2D eigenvalue weighted by molar-refractivity contribution is 6.33. The lowest BCUT2D eigenvalue weighted by molar-refractivity contribution is 0.187. The van der Waals surface area contributed by atoms with Crippen molar-refractivity contribution in [2.75, 3.05) is 23.9 Å². The fraction of sp³-hybridized carbons (Fsp3) is 0.250. The lowest BCUT2D eigenvalue weighted by atomic mass is 10.2. The van der Waals surface area contributed by atoms with Gasteiger partial charge in [0.2, 0.25) is 0 Å². The van der Waals surface area contributed by atoms with Crippen LogP contribution in [0.15, 0.2) is 36.5 Å². The fourth-order valence-electron chi connectivity index (χ4n) is 2.66. The number of halogens is 1. The Bertz CT molecular complexity index is 691. The third kappa shape index (κ3) is 2.85. The third-order valence-electron chi connectivity index (χ3n) is 3.68. The van der Waals surface area contributed by atoms with Crippen molar-refractivity contribution >= 4 is 29.1 Å². The molecular formula is C16H16ClN3O2. The first-order valence-corrected chi connectivity index (χ1v) is 7.38. The van der Waals surface area contributed by atoms with Crippen molar-refractivity contribution in [1.29, 1.82) is 0 Å². The molecule has 1 aromatic heterocycles. The Kier molecular flexibility index (Phi) is 4.15. The van der Waals surface area contributed by atoms with Crippen LogP contribution in [-0.2, 0) is 17.7 Å². The second kappa shape index (κ2) is 6.23. The highest BCUT2D eigenvalue weighted by atomic mass is 35.5. The Labute approximate surface area is 133 Å². The number of carbonyl (C=O) groups excluding carboxylic acids is 1. The first kappa shape index (κ1) is 14.7. The monoisotopic (exact) mass is 317 g/mol. The Morgan fingerprint density at radius 3 is 2.91 bits per heavy atom. The van der Waals surface area contributed by atoms with Gasteiger partial charge in [0, 0.05) is 19.3 Å². The molecule has 0 bridgehead atoms. The second-order valence-corrected chi connectivity index (χ2v) is 5.43. The zero-order valence-electron chi connectivity index (χ0n) is 12.2. The van der Waals surface area contributed by atoms with Gasteiger partial charge in [-0.2, -0.15) is 0 Å². The largest absolute Gasteiger partial charge is 0.453 e. The molecule has 0 aliphatic carbocycles. The minimum atomic E-state index is -0.552. The number of benzene rings is 1. The van der Waals surface area contributed by atoms with Crippen LogP contribution in [0.4, 0.5) is 16.2 Å². The molecule has 1 aliphatic rings. The summed E-state index contributed by atoms with van der Waals surface area (Å²) in [5.41, 5.74) is 3.72. The minimum Gasteiger partial charge on any atom is -0.453 e. The lowest BCUT2D eigenvalue weighted by Crippen LogP contribution is -2.22. The predicted molar refractivity (Wildman–Crippen MR) is 86.5 cm³/mol. The van der Waals surface area contributed by atoms with Gasteiger partial charge < -0.3 is 9.64 Å². The number of methoxy groups -OCH3 is 1. The number of carbonyl (C=O) groups is 1. The zero-order chi connectivity index (χ0) is 15.5. The molecule has 1 aliphatic heterocycles. The molecule has 0 unspecified atom stereocenters. The number of nitrogens with one attached hydrogen (secondary N) is 1. The van der Waals surface area contributed by atoms with Crippen LogP contribution in [0, 0.1) is 0 Å². The van der Waals surface area contributed by atoms with E-state index in [1.165, 1.54) is 12.7 Å². The minimum absolute atomic E-state index is 0.268. The van der Waals surface area contributed by atoms with Gasteiger partial charge in [-0.05, 0) is 17.5 Å². The van der Waals surface area contributed by atoms with Gasteiger partial charge in [0.1, 0.15) is 5.69 Å². The second-order valence-electron chi connectivity index (χ2n) is 5.07. The SMILES string of the molecule is COC(=O)Nc1c(Cl)ncc2c1N(Cc1ccccc1)CC2. The summed E-state index contributed by atoms with van der Waals surface area (Å²) in [5, 5.41) is 2.95. The lowest BCUT2D eigenvalue weighted by Gasteiger charge is -2.22. The van der Waals surface area contributed by atoms with Crippen LogP contribution in [0.5, 0.6) is 0 Å². The van der Waals surface area contributed by atoms with E-state index in [1.807, 2.05) is 18.2 Å². The van der Waals surface area contributed by atoms with Crippen molar-refractivity contribution in [2.45, 2.75) is 13.0 Å². The fourth-order valence-corrected chi connectivity index (χ4v) is 2.84. The van der Waals surface area contributed by atoms with E-state index in [-0.39, 0.29) is 5.15 Å². The van der Waals surface area contributed by atoms with Gasteiger partial charge in [-0.25, -0.2) is 9.78 Å². The molecule has 0 atom stereocenters. The van der Waals surface area contributed by atoms with Crippen LogP contribution >= 0.6 is 11.6 Å². The van der Waals surface area contributed by atoms with E-state index in [0.29, 0.717) is 5.69 Å². The smallest absolute Gasteiger partial charge is 0.411 e. The molecule has 22 heavy (non-hydrogen) atoms. The zero-order valence-corrected chi connectivity index (χ0v) is 12.9. The van der Waals surface area contributed by atoms with Crippen molar-refractivity contribution < 1.29 is 9.53 Å². The Morgan fingerprint density at radius 1 is 1.41 bits per heavy atom. The maximum absolute atomic E-state index is 11.6. The molecule has 0 spiro atoms. The summed E-state index contributed by atoms with van der Waals surface area (Å²) < 4.78 is 4.67. The number of anilines is 2. The molecular weight excluding hydrogens is 302 g/mol. The first-order valence-electron chi connectivity index (χ1n) is 7.00. The number of nitrogens with zero attached hydrogens (tertiary/aromatic N) is 2. The van der Waals surface area contributed by atoms with E-state index in [9.17, 15) is 4.79 Å². The number of hydrogen-bond acceptors (Lipinski definition) is 4. The van der Waals surface area contributed by atoms with Crippen LogP contribution in [0.25, 0.3) is 0 Å². The predicted octanol–water partition coefficient (Wildman–Crippen LogP) is 3.48. The van der Waals surface area contributed by atoms with Crippen LogP contribution in [-0.4, -0.2) is 24.7 Å². The van der Waals surface area contributed by atoms with E-state index in [2.05, 4.69) is 32.1 Å². The summed E-state index contributed by atoms with van der Waals surface area (Å²) in [4.78, 5) is 17.9. The molecule has 2 heterocycles. The Morgan fingerprint density at radius 2 is 2.18 bits per heavy atom. The maximum atomic E-state index is 11.6. The summed E-state index contributed by atoms with van der Waals surface area (Å²) in [7, 11) is 1.32. The molecule has 1 amide bonds. The van der Waals surface area contributed by atoms with Crippen LogP contribution in [0.2, 0.25) is 5.15 Å². The molecule has 3 rings (SSSR count). The number of ether oxygens (including phenoxy) is 1. The Hall–Kier alpha value is -2.27. The quantitative estimate of drug-likeness (QED) is 0.881. The van der Waals surface area contributed by atoms with Gasteiger partial charge in [-0.15, -0.1) is 0 Å². The van der Waals surface area contributed by atoms with Gasteiger partial charge in [0.15, 0.2) is 5.15 Å². The number of fused-ring (bicyclic) bond motifs is 1. The number of hydrogen-bond donors (Lipinski definition) is 1. The van der Waals surface area contributed by atoms with E-state index in [1.54, 1.807) is 6.20 Å². The van der Waals surface area contributed by atoms with E-state index >= 15 is 0 Å². The summed E-state index contributed by atoms with van der Waals surface area (Å²) in [6.45, 7) is 1.62. The summed E-state index contributed by atoms with van der Waals surface area (Å²) in [6, 6.07) is 10.2. The molecule has 0 saturated heterocycles. The molecule has 0 fully saturated rings. The topological polar surface area (TPSA) is 54.5 Å². The van der Waals surface area contributed by atoms with Crippen molar-refractivity contribution in [3.63, 3.8) is 0 Å². The van der Waals surface area contributed by atoms with Crippen molar-refractivity contribution in [1.82, 2.24) is 4.98 Å². The molecule has 5 nitrogen and oxygen atoms in total. The number of pyridine rings is 1. The normalized spacial score (nSPS) is 12.9. The van der Waals surface area contributed by atoms with Crippen LogP contribution in [0.3, 0.4) is 0 Å². The van der Waals surface area contributed by atoms with Gasteiger partial charge in [0.25, 0.3) is 0 Å². The summed E-state index contributed by atoms with van der Waals surface area (Å²) >= 11 is 6.17. The highest BCUT2D eigenvalue weighted by Gasteiger charge is 2.26. The molecule has 0 saturated carbocycles. The molecule has 114 valence electrons. The van der Waals surface area contributed by atoms with Crippen LogP contribution in [0.1, 0.15) is 11.1 Å². The number of aromatic nitrogens is 1. The van der Waals surface area contributed by atoms with Crippen molar-refractivity contribution in [3.05, 3.63) is 52.8 Å². The molecule has 0 radical (unpaired) electrons.